The van der Waals surface area contributed by atoms with Crippen LogP contribution in [0.2, 0.25) is 0 Å². The predicted octanol–water partition coefficient (Wildman–Crippen LogP) is 1.74. The minimum absolute atomic E-state index is 0.623. The molecule has 0 aromatic heterocycles. The molecular formula is C11H17NO3. The number of rotatable bonds is 6. The fourth-order valence-corrected chi connectivity index (χ4v) is 1.25. The molecule has 0 aliphatic rings. The van der Waals surface area contributed by atoms with E-state index >= 15 is 0 Å². The molecule has 0 heterocycles. The first kappa shape index (κ1) is 11.8. The molecule has 1 rings (SSSR count). The summed E-state index contributed by atoms with van der Waals surface area (Å²) < 4.78 is 10.6. The number of ether oxygens (including phenoxy) is 2. The Hall–Kier alpha value is -1.26. The van der Waals surface area contributed by atoms with E-state index in [-0.39, 0.29) is 0 Å². The van der Waals surface area contributed by atoms with Gasteiger partial charge in [-0.25, -0.2) is 0 Å². The summed E-state index contributed by atoms with van der Waals surface area (Å²) in [5.41, 5.74) is 3.86. The second-order valence-corrected chi connectivity index (χ2v) is 2.94. The van der Waals surface area contributed by atoms with E-state index in [0.29, 0.717) is 13.2 Å². The van der Waals surface area contributed by atoms with Gasteiger partial charge in [0.1, 0.15) is 0 Å². The zero-order valence-corrected chi connectivity index (χ0v) is 9.37. The maximum atomic E-state index is 5.45. The van der Waals surface area contributed by atoms with Crippen LogP contribution in [0.25, 0.3) is 0 Å². The van der Waals surface area contributed by atoms with Gasteiger partial charge in [0, 0.05) is 6.54 Å². The number of hydroxylamine groups is 1. The van der Waals surface area contributed by atoms with Crippen molar-refractivity contribution in [1.82, 2.24) is 5.48 Å². The Morgan fingerprint density at radius 3 is 2.60 bits per heavy atom. The topological polar surface area (TPSA) is 39.7 Å². The van der Waals surface area contributed by atoms with E-state index in [1.807, 2.05) is 25.1 Å². The quantitative estimate of drug-likeness (QED) is 0.728. The van der Waals surface area contributed by atoms with E-state index in [1.54, 1.807) is 14.2 Å². The van der Waals surface area contributed by atoms with Gasteiger partial charge in [-0.2, -0.15) is 5.48 Å². The van der Waals surface area contributed by atoms with Crippen molar-refractivity contribution in [3.8, 4) is 11.5 Å². The highest BCUT2D eigenvalue weighted by molar-refractivity contribution is 5.42. The predicted molar refractivity (Wildman–Crippen MR) is 58.0 cm³/mol. The summed E-state index contributed by atoms with van der Waals surface area (Å²) in [6.45, 7) is 3.21. The Kier molecular flexibility index (Phi) is 4.93. The second kappa shape index (κ2) is 6.27. The molecule has 15 heavy (non-hydrogen) atoms. The van der Waals surface area contributed by atoms with E-state index < -0.39 is 0 Å². The Bertz CT molecular complexity index is 302. The van der Waals surface area contributed by atoms with E-state index in [9.17, 15) is 0 Å². The van der Waals surface area contributed by atoms with Gasteiger partial charge in [-0.05, 0) is 24.6 Å². The van der Waals surface area contributed by atoms with Crippen LogP contribution in [-0.4, -0.2) is 20.8 Å². The molecule has 0 aliphatic heterocycles. The van der Waals surface area contributed by atoms with Gasteiger partial charge in [-0.15, -0.1) is 0 Å². The zero-order chi connectivity index (χ0) is 11.1. The molecule has 0 saturated heterocycles. The van der Waals surface area contributed by atoms with Crippen molar-refractivity contribution in [2.45, 2.75) is 13.5 Å². The molecular weight excluding hydrogens is 194 g/mol. The van der Waals surface area contributed by atoms with Crippen LogP contribution in [0.5, 0.6) is 11.5 Å². The Morgan fingerprint density at radius 1 is 1.20 bits per heavy atom. The zero-order valence-electron chi connectivity index (χ0n) is 9.37. The standard InChI is InChI=1S/C11H17NO3/c1-4-15-11-7-9(8-12-14-3)5-6-10(11)13-2/h5-7,12H,4,8H2,1-3H3. The molecule has 0 aliphatic carbocycles. The van der Waals surface area contributed by atoms with Crippen LogP contribution in [0.3, 0.4) is 0 Å². The van der Waals surface area contributed by atoms with Crippen LogP contribution in [0, 0.1) is 0 Å². The van der Waals surface area contributed by atoms with Crippen LogP contribution in [0.15, 0.2) is 18.2 Å². The van der Waals surface area contributed by atoms with Gasteiger partial charge in [0.25, 0.3) is 0 Å². The van der Waals surface area contributed by atoms with E-state index in [4.69, 9.17) is 14.3 Å². The first-order valence-corrected chi connectivity index (χ1v) is 4.87. The molecule has 0 bridgehead atoms. The maximum absolute atomic E-state index is 5.45. The van der Waals surface area contributed by atoms with Crippen LogP contribution in [0.1, 0.15) is 12.5 Å². The fourth-order valence-electron chi connectivity index (χ4n) is 1.25. The van der Waals surface area contributed by atoms with Gasteiger partial charge >= 0.3 is 0 Å². The summed E-state index contributed by atoms with van der Waals surface area (Å²) in [6, 6.07) is 5.79. The van der Waals surface area contributed by atoms with Crippen LogP contribution < -0.4 is 15.0 Å². The number of hydrogen-bond acceptors (Lipinski definition) is 4. The smallest absolute Gasteiger partial charge is 0.161 e. The summed E-state index contributed by atoms with van der Waals surface area (Å²) >= 11 is 0. The summed E-state index contributed by atoms with van der Waals surface area (Å²) in [6.07, 6.45) is 0. The van der Waals surface area contributed by atoms with Crippen molar-refractivity contribution >= 4 is 0 Å². The molecule has 4 nitrogen and oxygen atoms in total. The Morgan fingerprint density at radius 2 is 2.00 bits per heavy atom. The Labute approximate surface area is 90.1 Å². The first-order chi connectivity index (χ1) is 7.31. The highest BCUT2D eigenvalue weighted by atomic mass is 16.6. The average molecular weight is 211 g/mol. The van der Waals surface area contributed by atoms with Crippen molar-refractivity contribution in [3.63, 3.8) is 0 Å². The van der Waals surface area contributed by atoms with Crippen LogP contribution >= 0.6 is 0 Å². The third kappa shape index (κ3) is 3.42. The van der Waals surface area contributed by atoms with E-state index in [0.717, 1.165) is 17.1 Å². The summed E-state index contributed by atoms with van der Waals surface area (Å²) in [4.78, 5) is 4.78. The molecule has 0 fully saturated rings. The summed E-state index contributed by atoms with van der Waals surface area (Å²) in [7, 11) is 3.22. The van der Waals surface area contributed by atoms with Gasteiger partial charge in [0.15, 0.2) is 11.5 Å². The van der Waals surface area contributed by atoms with Gasteiger partial charge in [-0.3, -0.25) is 0 Å². The minimum Gasteiger partial charge on any atom is -0.493 e. The molecule has 0 atom stereocenters. The molecule has 0 spiro atoms. The summed E-state index contributed by atoms with van der Waals surface area (Å²) in [5.74, 6) is 1.51. The van der Waals surface area contributed by atoms with Gasteiger partial charge in [0.2, 0.25) is 0 Å². The highest BCUT2D eigenvalue weighted by Crippen LogP contribution is 2.27. The Balaban J connectivity index is 2.79. The molecule has 0 radical (unpaired) electrons. The molecule has 0 saturated carbocycles. The van der Waals surface area contributed by atoms with Gasteiger partial charge in [0.05, 0.1) is 20.8 Å². The van der Waals surface area contributed by atoms with E-state index in [1.165, 1.54) is 0 Å². The van der Waals surface area contributed by atoms with Crippen molar-refractivity contribution < 1.29 is 14.3 Å². The summed E-state index contributed by atoms with van der Waals surface area (Å²) in [5, 5.41) is 0. The van der Waals surface area contributed by atoms with Gasteiger partial charge in [-0.1, -0.05) is 6.07 Å². The molecule has 1 aromatic carbocycles. The van der Waals surface area contributed by atoms with Gasteiger partial charge < -0.3 is 14.3 Å². The highest BCUT2D eigenvalue weighted by Gasteiger charge is 2.04. The third-order valence-electron chi connectivity index (χ3n) is 1.95. The molecule has 4 heteroatoms. The molecule has 0 unspecified atom stereocenters. The van der Waals surface area contributed by atoms with E-state index in [2.05, 4.69) is 5.48 Å². The third-order valence-corrected chi connectivity index (χ3v) is 1.95. The monoisotopic (exact) mass is 211 g/mol. The second-order valence-electron chi connectivity index (χ2n) is 2.94. The van der Waals surface area contributed by atoms with Crippen molar-refractivity contribution in [2.75, 3.05) is 20.8 Å². The largest absolute Gasteiger partial charge is 0.493 e. The lowest BCUT2D eigenvalue weighted by atomic mass is 10.2. The number of nitrogens with one attached hydrogen (secondary N) is 1. The van der Waals surface area contributed by atoms with Crippen molar-refractivity contribution in [3.05, 3.63) is 23.8 Å². The SMILES string of the molecule is CCOc1cc(CNOC)ccc1OC. The first-order valence-electron chi connectivity index (χ1n) is 4.87. The molecule has 1 N–H and O–H groups in total. The number of benzene rings is 1. The molecule has 0 amide bonds. The van der Waals surface area contributed by atoms with Crippen LogP contribution in [0.4, 0.5) is 0 Å². The van der Waals surface area contributed by atoms with Crippen molar-refractivity contribution in [2.24, 2.45) is 0 Å². The fraction of sp³-hybridized carbons (Fsp3) is 0.455. The normalized spacial score (nSPS) is 10.1. The number of methoxy groups -OCH3 is 1. The van der Waals surface area contributed by atoms with Crippen LogP contribution in [-0.2, 0) is 11.4 Å². The maximum Gasteiger partial charge on any atom is 0.161 e. The molecule has 1 aromatic rings. The lowest BCUT2D eigenvalue weighted by Gasteiger charge is -2.11. The average Bonchev–Trinajstić information content (AvgIpc) is 2.27. The minimum atomic E-state index is 0.623. The molecule has 84 valence electrons. The lowest BCUT2D eigenvalue weighted by molar-refractivity contribution is 0.0866. The lowest BCUT2D eigenvalue weighted by Crippen LogP contribution is -2.10. The number of hydrogen-bond donors (Lipinski definition) is 1. The van der Waals surface area contributed by atoms with Crippen molar-refractivity contribution in [1.29, 1.82) is 0 Å².